The van der Waals surface area contributed by atoms with Crippen molar-refractivity contribution in [3.8, 4) is 0 Å². The standard InChI is InChI=1S/C17H17ClN2O/c1-2-20-9-8-12-6-7-15(11-16(12)20)19-17(21)13-4-3-5-14(18)10-13/h3-7,10-11H,2,8-9H2,1H3,(H,19,21). The summed E-state index contributed by atoms with van der Waals surface area (Å²) in [5, 5.41) is 3.50. The normalized spacial score (nSPS) is 13.1. The van der Waals surface area contributed by atoms with Gasteiger partial charge < -0.3 is 10.2 Å². The van der Waals surface area contributed by atoms with E-state index in [0.29, 0.717) is 10.6 Å². The lowest BCUT2D eigenvalue weighted by atomic mass is 10.1. The number of amides is 1. The van der Waals surface area contributed by atoms with Crippen molar-refractivity contribution in [2.45, 2.75) is 13.3 Å². The first-order valence-corrected chi connectivity index (χ1v) is 7.50. The first-order chi connectivity index (χ1) is 10.2. The Morgan fingerprint density at radius 2 is 2.14 bits per heavy atom. The van der Waals surface area contributed by atoms with Gasteiger partial charge in [0.1, 0.15) is 0 Å². The number of hydrogen-bond acceptors (Lipinski definition) is 2. The highest BCUT2D eigenvalue weighted by molar-refractivity contribution is 6.31. The molecule has 108 valence electrons. The van der Waals surface area contributed by atoms with Gasteiger partial charge >= 0.3 is 0 Å². The summed E-state index contributed by atoms with van der Waals surface area (Å²) in [5.41, 5.74) is 3.95. The van der Waals surface area contributed by atoms with E-state index in [0.717, 1.165) is 25.2 Å². The van der Waals surface area contributed by atoms with Gasteiger partial charge in [-0.1, -0.05) is 23.7 Å². The molecule has 0 atom stereocenters. The molecule has 0 bridgehead atoms. The first kappa shape index (κ1) is 14.0. The second-order valence-electron chi connectivity index (χ2n) is 5.14. The molecular formula is C17H17ClN2O. The number of fused-ring (bicyclic) bond motifs is 1. The molecule has 0 aliphatic carbocycles. The molecule has 3 rings (SSSR count). The number of anilines is 2. The average Bonchev–Trinajstić information content (AvgIpc) is 2.89. The van der Waals surface area contributed by atoms with Gasteiger partial charge in [0, 0.05) is 35.1 Å². The molecule has 1 N–H and O–H groups in total. The summed E-state index contributed by atoms with van der Waals surface area (Å²) in [6, 6.07) is 13.1. The molecule has 0 spiro atoms. The highest BCUT2D eigenvalue weighted by atomic mass is 35.5. The summed E-state index contributed by atoms with van der Waals surface area (Å²) < 4.78 is 0. The van der Waals surface area contributed by atoms with Crippen molar-refractivity contribution in [2.75, 3.05) is 23.3 Å². The van der Waals surface area contributed by atoms with Crippen molar-refractivity contribution >= 4 is 28.9 Å². The van der Waals surface area contributed by atoms with Gasteiger partial charge in [-0.05, 0) is 49.2 Å². The highest BCUT2D eigenvalue weighted by Gasteiger charge is 2.18. The Morgan fingerprint density at radius 3 is 2.90 bits per heavy atom. The van der Waals surface area contributed by atoms with Crippen molar-refractivity contribution in [3.05, 3.63) is 58.6 Å². The quantitative estimate of drug-likeness (QED) is 0.930. The van der Waals surface area contributed by atoms with E-state index in [4.69, 9.17) is 11.6 Å². The maximum absolute atomic E-state index is 12.2. The van der Waals surface area contributed by atoms with Gasteiger partial charge in [0.25, 0.3) is 5.91 Å². The van der Waals surface area contributed by atoms with Crippen LogP contribution in [0.3, 0.4) is 0 Å². The molecule has 1 amide bonds. The number of benzene rings is 2. The van der Waals surface area contributed by atoms with Gasteiger partial charge in [-0.25, -0.2) is 0 Å². The van der Waals surface area contributed by atoms with Gasteiger partial charge in [0.15, 0.2) is 0 Å². The molecule has 1 aliphatic rings. The summed E-state index contributed by atoms with van der Waals surface area (Å²) in [7, 11) is 0. The number of likely N-dealkylation sites (N-methyl/N-ethyl adjacent to an activating group) is 1. The lowest BCUT2D eigenvalue weighted by molar-refractivity contribution is 0.102. The average molecular weight is 301 g/mol. The van der Waals surface area contributed by atoms with Crippen LogP contribution in [0.4, 0.5) is 11.4 Å². The van der Waals surface area contributed by atoms with Crippen molar-refractivity contribution in [2.24, 2.45) is 0 Å². The summed E-state index contributed by atoms with van der Waals surface area (Å²) in [5.74, 6) is -0.140. The number of carbonyl (C=O) groups excluding carboxylic acids is 1. The Bertz CT molecular complexity index is 684. The molecule has 0 radical (unpaired) electrons. The number of nitrogens with one attached hydrogen (secondary N) is 1. The van der Waals surface area contributed by atoms with E-state index in [1.54, 1.807) is 24.3 Å². The lowest BCUT2D eigenvalue weighted by Crippen LogP contribution is -2.19. The van der Waals surface area contributed by atoms with Gasteiger partial charge in [-0.15, -0.1) is 0 Å². The van der Waals surface area contributed by atoms with E-state index in [1.165, 1.54) is 11.3 Å². The molecule has 0 aromatic heterocycles. The maximum Gasteiger partial charge on any atom is 0.255 e. The van der Waals surface area contributed by atoms with E-state index >= 15 is 0 Å². The maximum atomic E-state index is 12.2. The molecule has 0 unspecified atom stereocenters. The van der Waals surface area contributed by atoms with Crippen LogP contribution in [-0.4, -0.2) is 19.0 Å². The fourth-order valence-corrected chi connectivity index (χ4v) is 2.87. The Labute approximate surface area is 129 Å². The van der Waals surface area contributed by atoms with Crippen LogP contribution in [0.1, 0.15) is 22.8 Å². The SMILES string of the molecule is CCN1CCc2ccc(NC(=O)c3cccc(Cl)c3)cc21. The van der Waals surface area contributed by atoms with E-state index in [9.17, 15) is 4.79 Å². The molecule has 2 aromatic carbocycles. The van der Waals surface area contributed by atoms with E-state index < -0.39 is 0 Å². The van der Waals surface area contributed by atoms with Gasteiger partial charge in [-0.2, -0.15) is 0 Å². The number of halogens is 1. The molecule has 3 nitrogen and oxygen atoms in total. The molecule has 0 fully saturated rings. The van der Waals surface area contributed by atoms with Gasteiger partial charge in [-0.3, -0.25) is 4.79 Å². The zero-order valence-electron chi connectivity index (χ0n) is 11.9. The number of carbonyl (C=O) groups is 1. The van der Waals surface area contributed by atoms with Crippen molar-refractivity contribution in [1.29, 1.82) is 0 Å². The Kier molecular flexibility index (Phi) is 3.84. The largest absolute Gasteiger partial charge is 0.371 e. The number of hydrogen-bond donors (Lipinski definition) is 1. The van der Waals surface area contributed by atoms with Crippen LogP contribution in [-0.2, 0) is 6.42 Å². The minimum atomic E-state index is -0.140. The molecular weight excluding hydrogens is 284 g/mol. The predicted molar refractivity (Wildman–Crippen MR) is 87.4 cm³/mol. The third-order valence-electron chi connectivity index (χ3n) is 3.80. The second-order valence-corrected chi connectivity index (χ2v) is 5.57. The topological polar surface area (TPSA) is 32.3 Å². The van der Waals surface area contributed by atoms with Crippen LogP contribution in [0.2, 0.25) is 5.02 Å². The molecule has 0 saturated carbocycles. The predicted octanol–water partition coefficient (Wildman–Crippen LogP) is 3.97. The van der Waals surface area contributed by atoms with Crippen LogP contribution in [0, 0.1) is 0 Å². The lowest BCUT2D eigenvalue weighted by Gasteiger charge is -2.17. The van der Waals surface area contributed by atoms with E-state index in [1.807, 2.05) is 12.1 Å². The molecule has 1 aliphatic heterocycles. The minimum Gasteiger partial charge on any atom is -0.371 e. The second kappa shape index (κ2) is 5.78. The van der Waals surface area contributed by atoms with Crippen LogP contribution in [0.15, 0.2) is 42.5 Å². The Balaban J connectivity index is 1.81. The molecule has 0 saturated heterocycles. The number of rotatable bonds is 3. The van der Waals surface area contributed by atoms with Crippen molar-refractivity contribution < 1.29 is 4.79 Å². The smallest absolute Gasteiger partial charge is 0.255 e. The summed E-state index contributed by atoms with van der Waals surface area (Å²) in [6.07, 6.45) is 1.08. The van der Waals surface area contributed by atoms with Crippen molar-refractivity contribution in [1.82, 2.24) is 0 Å². The van der Waals surface area contributed by atoms with E-state index in [-0.39, 0.29) is 5.91 Å². The fourth-order valence-electron chi connectivity index (χ4n) is 2.68. The summed E-state index contributed by atoms with van der Waals surface area (Å²) >= 11 is 5.92. The first-order valence-electron chi connectivity index (χ1n) is 7.12. The minimum absolute atomic E-state index is 0.140. The fraction of sp³-hybridized carbons (Fsp3) is 0.235. The third-order valence-corrected chi connectivity index (χ3v) is 4.04. The van der Waals surface area contributed by atoms with Crippen LogP contribution < -0.4 is 10.2 Å². The van der Waals surface area contributed by atoms with Gasteiger partial charge in [0.2, 0.25) is 0 Å². The molecule has 4 heteroatoms. The zero-order chi connectivity index (χ0) is 14.8. The van der Waals surface area contributed by atoms with Crippen LogP contribution >= 0.6 is 11.6 Å². The summed E-state index contributed by atoms with van der Waals surface area (Å²) in [4.78, 5) is 14.6. The van der Waals surface area contributed by atoms with Crippen LogP contribution in [0.25, 0.3) is 0 Å². The third kappa shape index (κ3) is 2.88. The monoisotopic (exact) mass is 300 g/mol. The molecule has 1 heterocycles. The van der Waals surface area contributed by atoms with Crippen LogP contribution in [0.5, 0.6) is 0 Å². The van der Waals surface area contributed by atoms with Gasteiger partial charge in [0.05, 0.1) is 0 Å². The Morgan fingerprint density at radius 1 is 1.29 bits per heavy atom. The van der Waals surface area contributed by atoms with E-state index in [2.05, 4.69) is 23.2 Å². The van der Waals surface area contributed by atoms with Crippen molar-refractivity contribution in [3.63, 3.8) is 0 Å². The number of nitrogens with zero attached hydrogens (tertiary/aromatic N) is 1. The zero-order valence-corrected chi connectivity index (χ0v) is 12.7. The molecule has 21 heavy (non-hydrogen) atoms. The summed E-state index contributed by atoms with van der Waals surface area (Å²) in [6.45, 7) is 4.18. The Hall–Kier alpha value is -2.00. The molecule has 2 aromatic rings. The highest BCUT2D eigenvalue weighted by Crippen LogP contribution is 2.30.